The molecule has 0 saturated heterocycles. The maximum atomic E-state index is 12.7. The van der Waals surface area contributed by atoms with Gasteiger partial charge in [-0.1, -0.05) is 43.2 Å². The Bertz CT molecular complexity index is 1050. The number of hydrogen-bond donors (Lipinski definition) is 0. The van der Waals surface area contributed by atoms with Crippen LogP contribution in [0, 0.1) is 0 Å². The number of carbonyl (C=O) groups is 1. The molecule has 0 unspecified atom stereocenters. The van der Waals surface area contributed by atoms with Gasteiger partial charge in [-0.15, -0.1) is 10.2 Å². The first-order valence-electron chi connectivity index (χ1n) is 9.29. The van der Waals surface area contributed by atoms with Crippen molar-refractivity contribution < 1.29 is 4.79 Å². The van der Waals surface area contributed by atoms with E-state index >= 15 is 0 Å². The zero-order chi connectivity index (χ0) is 19.0. The van der Waals surface area contributed by atoms with E-state index in [0.29, 0.717) is 28.1 Å². The molecule has 0 aliphatic heterocycles. The number of benzene rings is 1. The van der Waals surface area contributed by atoms with Crippen LogP contribution in [0.25, 0.3) is 16.7 Å². The molecule has 0 spiro atoms. The largest absolute Gasteiger partial charge is 0.342 e. The number of thioether (sulfide) groups is 1. The van der Waals surface area contributed by atoms with E-state index in [2.05, 4.69) is 10.2 Å². The van der Waals surface area contributed by atoms with Crippen LogP contribution in [0.2, 0.25) is 0 Å². The Kier molecular flexibility index (Phi) is 4.90. The van der Waals surface area contributed by atoms with Gasteiger partial charge in [-0.2, -0.15) is 0 Å². The Morgan fingerprint density at radius 1 is 1.22 bits per heavy atom. The molecule has 2 heterocycles. The quantitative estimate of drug-likeness (QED) is 0.645. The molecule has 0 atom stereocenters. The predicted molar refractivity (Wildman–Crippen MR) is 106 cm³/mol. The fourth-order valence-electron chi connectivity index (χ4n) is 3.80. The lowest BCUT2D eigenvalue weighted by Crippen LogP contribution is -2.39. The van der Waals surface area contributed by atoms with Crippen molar-refractivity contribution in [3.8, 4) is 0 Å². The lowest BCUT2D eigenvalue weighted by molar-refractivity contribution is -0.129. The average Bonchev–Trinajstić information content (AvgIpc) is 3.14. The van der Waals surface area contributed by atoms with Crippen molar-refractivity contribution in [1.29, 1.82) is 0 Å². The van der Waals surface area contributed by atoms with Gasteiger partial charge >= 0.3 is 0 Å². The number of para-hydroxylation sites is 1. The zero-order valence-electron chi connectivity index (χ0n) is 15.6. The van der Waals surface area contributed by atoms with Gasteiger partial charge in [0.05, 0.1) is 16.7 Å². The van der Waals surface area contributed by atoms with Crippen LogP contribution in [0.4, 0.5) is 0 Å². The molecule has 2 aromatic heterocycles. The fraction of sp³-hybridized carbons (Fsp3) is 0.474. The Hall–Kier alpha value is -2.35. The Balaban J connectivity index is 1.61. The summed E-state index contributed by atoms with van der Waals surface area (Å²) in [7, 11) is 3.59. The van der Waals surface area contributed by atoms with Crippen LogP contribution in [-0.2, 0) is 11.8 Å². The van der Waals surface area contributed by atoms with Gasteiger partial charge in [-0.05, 0) is 25.0 Å². The van der Waals surface area contributed by atoms with Gasteiger partial charge < -0.3 is 4.90 Å². The topological polar surface area (TPSA) is 72.5 Å². The number of rotatable bonds is 4. The Labute approximate surface area is 161 Å². The van der Waals surface area contributed by atoms with Crippen LogP contribution in [0.15, 0.2) is 34.2 Å². The van der Waals surface area contributed by atoms with Gasteiger partial charge in [-0.25, -0.2) is 0 Å². The highest BCUT2D eigenvalue weighted by atomic mass is 32.2. The number of nitrogens with zero attached hydrogens (tertiary/aromatic N) is 5. The lowest BCUT2D eigenvalue weighted by Gasteiger charge is -2.31. The van der Waals surface area contributed by atoms with Gasteiger partial charge in [0.15, 0.2) is 5.16 Å². The van der Waals surface area contributed by atoms with E-state index in [-0.39, 0.29) is 11.5 Å². The van der Waals surface area contributed by atoms with Crippen LogP contribution >= 0.6 is 11.8 Å². The molecule has 1 aliphatic rings. The minimum Gasteiger partial charge on any atom is -0.342 e. The van der Waals surface area contributed by atoms with Crippen molar-refractivity contribution in [2.45, 2.75) is 43.3 Å². The van der Waals surface area contributed by atoms with Gasteiger partial charge in [0.25, 0.3) is 5.56 Å². The third-order valence-corrected chi connectivity index (χ3v) is 6.35. The number of hydrogen-bond acceptors (Lipinski definition) is 5. The summed E-state index contributed by atoms with van der Waals surface area (Å²) in [6.45, 7) is 0. The van der Waals surface area contributed by atoms with Crippen LogP contribution < -0.4 is 5.56 Å². The van der Waals surface area contributed by atoms with Crippen molar-refractivity contribution >= 4 is 34.3 Å². The summed E-state index contributed by atoms with van der Waals surface area (Å²) in [4.78, 5) is 27.0. The second-order valence-corrected chi connectivity index (χ2v) is 8.03. The Morgan fingerprint density at radius 3 is 2.74 bits per heavy atom. The first-order valence-corrected chi connectivity index (χ1v) is 10.3. The van der Waals surface area contributed by atoms with Crippen molar-refractivity contribution in [3.63, 3.8) is 0 Å². The highest BCUT2D eigenvalue weighted by molar-refractivity contribution is 7.99. The smallest absolute Gasteiger partial charge is 0.262 e. The first kappa shape index (κ1) is 18.0. The van der Waals surface area contributed by atoms with Crippen molar-refractivity contribution in [2.24, 2.45) is 7.05 Å². The normalized spacial score (nSPS) is 15.5. The molecular weight excluding hydrogens is 362 g/mol. The van der Waals surface area contributed by atoms with E-state index in [9.17, 15) is 9.59 Å². The van der Waals surface area contributed by atoms with Gasteiger partial charge in [0, 0.05) is 20.1 Å². The molecule has 0 bridgehead atoms. The minimum absolute atomic E-state index is 0.102. The van der Waals surface area contributed by atoms with Gasteiger partial charge in [0.2, 0.25) is 11.7 Å². The highest BCUT2D eigenvalue weighted by Crippen LogP contribution is 2.24. The summed E-state index contributed by atoms with van der Waals surface area (Å²) in [6, 6.07) is 7.76. The average molecular weight is 385 g/mol. The second kappa shape index (κ2) is 7.34. The van der Waals surface area contributed by atoms with Crippen molar-refractivity contribution in [3.05, 3.63) is 34.6 Å². The highest BCUT2D eigenvalue weighted by Gasteiger charge is 2.23. The number of amides is 1. The lowest BCUT2D eigenvalue weighted by atomic mass is 9.94. The molecule has 4 rings (SSSR count). The van der Waals surface area contributed by atoms with E-state index in [1.807, 2.05) is 34.5 Å². The molecule has 8 heteroatoms. The molecule has 0 N–H and O–H groups in total. The number of aromatic nitrogens is 4. The molecule has 7 nitrogen and oxygen atoms in total. The predicted octanol–water partition coefficient (Wildman–Crippen LogP) is 2.46. The maximum absolute atomic E-state index is 12.7. The number of fused-ring (bicyclic) bond motifs is 3. The molecule has 27 heavy (non-hydrogen) atoms. The molecule has 1 aromatic carbocycles. The number of aryl methyl sites for hydroxylation is 1. The van der Waals surface area contributed by atoms with E-state index in [0.717, 1.165) is 18.4 Å². The summed E-state index contributed by atoms with van der Waals surface area (Å²) in [5, 5.41) is 9.65. The SMILES string of the molecule is CN(C(=O)CSc1nnc2n(C)c(=O)c3ccccc3n12)C1CCCCC1. The van der Waals surface area contributed by atoms with Gasteiger partial charge in [0.1, 0.15) is 0 Å². The third kappa shape index (κ3) is 3.22. The zero-order valence-corrected chi connectivity index (χ0v) is 16.4. The summed E-state index contributed by atoms with van der Waals surface area (Å²) < 4.78 is 3.35. The molecule has 1 aliphatic carbocycles. The molecule has 142 valence electrons. The molecule has 1 fully saturated rings. The molecule has 0 radical (unpaired) electrons. The van der Waals surface area contributed by atoms with Crippen molar-refractivity contribution in [2.75, 3.05) is 12.8 Å². The molecule has 1 amide bonds. The standard InChI is InChI=1S/C19H23N5O2S/c1-22(13-8-4-3-5-9-13)16(25)12-27-19-21-20-18-23(2)17(26)14-10-6-7-11-15(14)24(18)19/h6-7,10-11,13H,3-5,8-9,12H2,1-2H3. The third-order valence-electron chi connectivity index (χ3n) is 5.44. The monoisotopic (exact) mass is 385 g/mol. The van der Waals surface area contributed by atoms with E-state index < -0.39 is 0 Å². The van der Waals surface area contributed by atoms with Crippen molar-refractivity contribution in [1.82, 2.24) is 24.1 Å². The van der Waals surface area contributed by atoms with E-state index in [1.165, 1.54) is 35.6 Å². The summed E-state index contributed by atoms with van der Waals surface area (Å²) in [5.74, 6) is 0.900. The van der Waals surface area contributed by atoms with Crippen LogP contribution in [0.1, 0.15) is 32.1 Å². The van der Waals surface area contributed by atoms with Crippen LogP contribution in [0.3, 0.4) is 0 Å². The first-order chi connectivity index (χ1) is 13.1. The summed E-state index contributed by atoms with van der Waals surface area (Å²) in [6.07, 6.45) is 5.85. The molecule has 3 aromatic rings. The fourth-order valence-corrected chi connectivity index (χ4v) is 4.67. The minimum atomic E-state index is -0.102. The summed E-state index contributed by atoms with van der Waals surface area (Å²) >= 11 is 1.37. The Morgan fingerprint density at radius 2 is 1.96 bits per heavy atom. The van der Waals surface area contributed by atoms with E-state index in [4.69, 9.17) is 0 Å². The second-order valence-electron chi connectivity index (χ2n) is 7.08. The molecular formula is C19H23N5O2S. The van der Waals surface area contributed by atoms with E-state index in [1.54, 1.807) is 13.1 Å². The van der Waals surface area contributed by atoms with Crippen LogP contribution in [-0.4, -0.2) is 48.8 Å². The van der Waals surface area contributed by atoms with Crippen LogP contribution in [0.5, 0.6) is 0 Å². The molecule has 1 saturated carbocycles. The summed E-state index contributed by atoms with van der Waals surface area (Å²) in [5.41, 5.74) is 0.659. The van der Waals surface area contributed by atoms with Gasteiger partial charge in [-0.3, -0.25) is 18.6 Å². The maximum Gasteiger partial charge on any atom is 0.262 e. The number of carbonyl (C=O) groups excluding carboxylic acids is 1.